The zero-order valence-corrected chi connectivity index (χ0v) is 21.3. The lowest BCUT2D eigenvalue weighted by atomic mass is 9.75. The van der Waals surface area contributed by atoms with Crippen LogP contribution in [0.25, 0.3) is 0 Å². The van der Waals surface area contributed by atoms with Crippen molar-refractivity contribution < 1.29 is 23.8 Å². The second-order valence-electron chi connectivity index (χ2n) is 8.98. The number of allylic oxidation sites excluding steroid dienone is 2. The summed E-state index contributed by atoms with van der Waals surface area (Å²) in [6.45, 7) is 8.17. The molecule has 0 bridgehead atoms. The van der Waals surface area contributed by atoms with Crippen LogP contribution in [0.4, 0.5) is 0 Å². The Morgan fingerprint density at radius 1 is 1.11 bits per heavy atom. The topological polar surface area (TPSA) is 87.9 Å². The molecule has 184 valence electrons. The largest absolute Gasteiger partial charge is 0.489 e. The van der Waals surface area contributed by atoms with Crippen LogP contribution in [0.1, 0.15) is 59.9 Å². The summed E-state index contributed by atoms with van der Waals surface area (Å²) in [5, 5.41) is 0.653. The molecule has 1 aliphatic carbocycles. The molecule has 0 saturated heterocycles. The second kappa shape index (κ2) is 10.2. The van der Waals surface area contributed by atoms with E-state index >= 15 is 0 Å². The van der Waals surface area contributed by atoms with E-state index in [1.165, 1.54) is 0 Å². The van der Waals surface area contributed by atoms with Gasteiger partial charge in [-0.3, -0.25) is 4.79 Å². The number of hydrogen-bond donors (Lipinski definition) is 1. The Morgan fingerprint density at radius 2 is 1.89 bits per heavy atom. The molecule has 2 aromatic rings. The van der Waals surface area contributed by atoms with Crippen molar-refractivity contribution in [2.24, 2.45) is 5.73 Å². The predicted molar refractivity (Wildman–Crippen MR) is 134 cm³/mol. The minimum Gasteiger partial charge on any atom is -0.489 e. The third kappa shape index (κ3) is 4.94. The first-order valence-electron chi connectivity index (χ1n) is 11.8. The minimum absolute atomic E-state index is 0.00327. The van der Waals surface area contributed by atoms with E-state index in [9.17, 15) is 9.59 Å². The molecule has 0 aromatic heterocycles. The van der Waals surface area contributed by atoms with Crippen molar-refractivity contribution in [1.82, 2.24) is 0 Å². The molecule has 6 nitrogen and oxygen atoms in total. The first-order chi connectivity index (χ1) is 16.7. The van der Waals surface area contributed by atoms with Crippen molar-refractivity contribution in [3.05, 3.63) is 86.0 Å². The highest BCUT2D eigenvalue weighted by Gasteiger charge is 2.41. The number of carbonyl (C=O) groups is 2. The highest BCUT2D eigenvalue weighted by molar-refractivity contribution is 6.30. The molecule has 1 unspecified atom stereocenters. The van der Waals surface area contributed by atoms with Crippen LogP contribution in [0.3, 0.4) is 0 Å². The highest BCUT2D eigenvalue weighted by Crippen LogP contribution is 2.45. The number of benzene rings is 2. The first-order valence-corrected chi connectivity index (χ1v) is 12.2. The molecule has 35 heavy (non-hydrogen) atoms. The quantitative estimate of drug-likeness (QED) is 0.517. The molecule has 0 fully saturated rings. The van der Waals surface area contributed by atoms with Crippen LogP contribution < -0.4 is 10.5 Å². The fraction of sp³-hybridized carbons (Fsp3) is 0.357. The molecule has 0 saturated carbocycles. The van der Waals surface area contributed by atoms with Crippen LogP contribution in [0.15, 0.2) is 53.1 Å². The molecule has 1 heterocycles. The molecular formula is C28H30ClNO5. The molecule has 2 aromatic carbocycles. The summed E-state index contributed by atoms with van der Waals surface area (Å²) >= 11 is 6.07. The number of ether oxygens (including phenoxy) is 3. The Morgan fingerprint density at radius 3 is 2.60 bits per heavy atom. The number of carbonyl (C=O) groups excluding carboxylic acids is 2. The van der Waals surface area contributed by atoms with E-state index in [-0.39, 0.29) is 23.8 Å². The number of hydrogen-bond acceptors (Lipinski definition) is 6. The van der Waals surface area contributed by atoms with E-state index in [0.717, 1.165) is 33.6 Å². The van der Waals surface area contributed by atoms with Gasteiger partial charge in [-0.1, -0.05) is 23.7 Å². The van der Waals surface area contributed by atoms with Crippen molar-refractivity contribution in [3.8, 4) is 5.75 Å². The van der Waals surface area contributed by atoms with E-state index in [1.807, 2.05) is 45.0 Å². The Bertz CT molecular complexity index is 1260. The summed E-state index contributed by atoms with van der Waals surface area (Å²) in [5.41, 5.74) is 11.6. The zero-order chi connectivity index (χ0) is 25.3. The number of halogens is 1. The lowest BCUT2D eigenvalue weighted by Gasteiger charge is -2.33. The molecule has 7 heteroatoms. The number of Topliss-reactive ketones (excluding diaryl/α,β-unsaturated/α-hetero) is 1. The van der Waals surface area contributed by atoms with E-state index in [1.54, 1.807) is 13.0 Å². The third-order valence-corrected chi connectivity index (χ3v) is 6.77. The second-order valence-corrected chi connectivity index (χ2v) is 9.42. The van der Waals surface area contributed by atoms with E-state index in [4.69, 9.17) is 31.5 Å². The lowest BCUT2D eigenvalue weighted by Crippen LogP contribution is -2.32. The van der Waals surface area contributed by atoms with Gasteiger partial charge >= 0.3 is 5.97 Å². The van der Waals surface area contributed by atoms with Gasteiger partial charge in [0, 0.05) is 23.4 Å². The average Bonchev–Trinajstić information content (AvgIpc) is 2.79. The molecule has 4 rings (SSSR count). The van der Waals surface area contributed by atoms with Gasteiger partial charge in [-0.25, -0.2) is 4.79 Å². The number of nitrogens with two attached hydrogens (primary N) is 1. The van der Waals surface area contributed by atoms with Gasteiger partial charge in [-0.05, 0) is 80.1 Å². The normalized spacial score (nSPS) is 17.7. The summed E-state index contributed by atoms with van der Waals surface area (Å²) in [4.78, 5) is 26.1. The van der Waals surface area contributed by atoms with Crippen LogP contribution >= 0.6 is 11.6 Å². The predicted octanol–water partition coefficient (Wildman–Crippen LogP) is 5.70. The SMILES string of the molecule is CCOC(=O)C1=C(N)OC2=C(C(=O)CCC2)C1c1cc(COc2ccc(Cl)cc2C)c(C)cc1C. The summed E-state index contributed by atoms with van der Waals surface area (Å²) < 4.78 is 17.2. The van der Waals surface area contributed by atoms with Gasteiger partial charge in [-0.2, -0.15) is 0 Å². The molecular weight excluding hydrogens is 466 g/mol. The van der Waals surface area contributed by atoms with Gasteiger partial charge in [0.1, 0.15) is 23.7 Å². The highest BCUT2D eigenvalue weighted by atomic mass is 35.5. The van der Waals surface area contributed by atoms with Crippen molar-refractivity contribution in [2.75, 3.05) is 6.61 Å². The van der Waals surface area contributed by atoms with Crippen molar-refractivity contribution >= 4 is 23.4 Å². The Balaban J connectivity index is 1.79. The molecule has 0 amide bonds. The van der Waals surface area contributed by atoms with Crippen LogP contribution in [0, 0.1) is 20.8 Å². The summed E-state index contributed by atoms with van der Waals surface area (Å²) in [6.07, 6.45) is 1.70. The monoisotopic (exact) mass is 495 g/mol. The Hall–Kier alpha value is -3.25. The van der Waals surface area contributed by atoms with E-state index in [0.29, 0.717) is 42.2 Å². The van der Waals surface area contributed by atoms with E-state index < -0.39 is 11.9 Å². The summed E-state index contributed by atoms with van der Waals surface area (Å²) in [6, 6.07) is 9.55. The maximum Gasteiger partial charge on any atom is 0.340 e. The molecule has 2 N–H and O–H groups in total. The van der Waals surface area contributed by atoms with Crippen LogP contribution in [-0.2, 0) is 25.7 Å². The van der Waals surface area contributed by atoms with Gasteiger partial charge in [0.05, 0.1) is 12.5 Å². The Labute approximate surface area is 210 Å². The van der Waals surface area contributed by atoms with Gasteiger partial charge in [0.25, 0.3) is 0 Å². The van der Waals surface area contributed by atoms with Crippen LogP contribution in [-0.4, -0.2) is 18.4 Å². The van der Waals surface area contributed by atoms with E-state index in [2.05, 4.69) is 0 Å². The van der Waals surface area contributed by atoms with Crippen molar-refractivity contribution in [2.45, 2.75) is 59.5 Å². The van der Waals surface area contributed by atoms with Crippen LogP contribution in [0.5, 0.6) is 5.75 Å². The Kier molecular flexibility index (Phi) is 7.22. The minimum atomic E-state index is -0.651. The molecule has 2 aliphatic rings. The number of rotatable bonds is 6. The fourth-order valence-corrected chi connectivity index (χ4v) is 5.01. The van der Waals surface area contributed by atoms with Gasteiger partial charge in [-0.15, -0.1) is 0 Å². The maximum absolute atomic E-state index is 13.1. The maximum atomic E-state index is 13.1. The number of aryl methyl sites for hydroxylation is 3. The van der Waals surface area contributed by atoms with Gasteiger partial charge in [0.15, 0.2) is 5.78 Å². The first kappa shape index (κ1) is 24.9. The molecule has 0 radical (unpaired) electrons. The standard InChI is InChI=1S/C28H30ClNO5/c1-5-33-28(32)26-24(25-21(31)7-6-8-23(25)35-27(26)30)20-13-18(15(2)11-16(20)3)14-34-22-10-9-19(29)12-17(22)4/h9-13,24H,5-8,14,30H2,1-4H3. The van der Waals surface area contributed by atoms with Crippen molar-refractivity contribution in [1.29, 1.82) is 0 Å². The molecule has 0 spiro atoms. The number of ketones is 1. The molecule has 1 atom stereocenters. The third-order valence-electron chi connectivity index (χ3n) is 6.54. The molecule has 1 aliphatic heterocycles. The van der Waals surface area contributed by atoms with Gasteiger partial charge < -0.3 is 19.9 Å². The zero-order valence-electron chi connectivity index (χ0n) is 20.5. The van der Waals surface area contributed by atoms with Crippen molar-refractivity contribution in [3.63, 3.8) is 0 Å². The van der Waals surface area contributed by atoms with Gasteiger partial charge in [0.2, 0.25) is 5.88 Å². The summed E-state index contributed by atoms with van der Waals surface area (Å²) in [7, 11) is 0. The number of esters is 1. The lowest BCUT2D eigenvalue weighted by molar-refractivity contribution is -0.139. The average molecular weight is 496 g/mol. The summed E-state index contributed by atoms with van der Waals surface area (Å²) in [5.74, 6) is 0.0328. The van der Waals surface area contributed by atoms with Crippen LogP contribution in [0.2, 0.25) is 5.02 Å². The fourth-order valence-electron chi connectivity index (χ4n) is 4.79. The smallest absolute Gasteiger partial charge is 0.340 e.